The molecule has 0 aliphatic carbocycles. The van der Waals surface area contributed by atoms with Gasteiger partial charge in [-0.3, -0.25) is 4.98 Å². The normalized spacial score (nSPS) is 10.7. The minimum Gasteiger partial charge on any atom is -0.492 e. The number of nitrogen functional groups attached to an aromatic ring is 1. The summed E-state index contributed by atoms with van der Waals surface area (Å²) in [5.74, 6) is 0.653. The van der Waals surface area contributed by atoms with E-state index in [1.165, 1.54) is 0 Å². The Morgan fingerprint density at radius 3 is 2.78 bits per heavy atom. The van der Waals surface area contributed by atoms with Crippen molar-refractivity contribution in [3.05, 3.63) is 30.2 Å². The van der Waals surface area contributed by atoms with E-state index < -0.39 is 0 Å². The number of pyridine rings is 2. The molecule has 122 valence electrons. The van der Waals surface area contributed by atoms with E-state index in [2.05, 4.69) is 15.3 Å². The summed E-state index contributed by atoms with van der Waals surface area (Å²) >= 11 is 0. The van der Waals surface area contributed by atoms with Crippen LogP contribution in [0.15, 0.2) is 24.5 Å². The number of hydrogen-bond acceptors (Lipinski definition) is 6. The van der Waals surface area contributed by atoms with Gasteiger partial charge in [0.15, 0.2) is 0 Å². The van der Waals surface area contributed by atoms with Crippen LogP contribution in [-0.4, -0.2) is 28.3 Å². The highest BCUT2D eigenvalue weighted by atomic mass is 16.5. The number of nitrogens with one attached hydrogen (secondary N) is 2. The first kappa shape index (κ1) is 16.7. The molecule has 4 N–H and O–H groups in total. The first-order valence-corrected chi connectivity index (χ1v) is 7.63. The molecule has 0 atom stereocenters. The molecule has 0 radical (unpaired) electrons. The molecular formula is C17H23N5O. The highest BCUT2D eigenvalue weighted by molar-refractivity contribution is 6.02. The number of rotatable bonds is 6. The number of hydrogen-bond donors (Lipinski definition) is 3. The second-order valence-corrected chi connectivity index (χ2v) is 5.55. The average Bonchev–Trinajstić information content (AvgIpc) is 2.49. The van der Waals surface area contributed by atoms with Crippen LogP contribution in [0.25, 0.3) is 11.3 Å². The fourth-order valence-corrected chi connectivity index (χ4v) is 2.28. The fraction of sp³-hybridized carbons (Fsp3) is 0.353. The summed E-state index contributed by atoms with van der Waals surface area (Å²) in [7, 11) is 0. The van der Waals surface area contributed by atoms with Gasteiger partial charge >= 0.3 is 0 Å². The van der Waals surface area contributed by atoms with Crippen LogP contribution in [0.4, 0.5) is 11.4 Å². The Balaban J connectivity index is 2.60. The van der Waals surface area contributed by atoms with Gasteiger partial charge in [-0.15, -0.1) is 0 Å². The Labute approximate surface area is 136 Å². The predicted molar refractivity (Wildman–Crippen MR) is 94.3 cm³/mol. The van der Waals surface area contributed by atoms with E-state index in [1.54, 1.807) is 25.4 Å². The van der Waals surface area contributed by atoms with Crippen molar-refractivity contribution in [3.8, 4) is 17.0 Å². The van der Waals surface area contributed by atoms with E-state index in [-0.39, 0.29) is 6.04 Å². The van der Waals surface area contributed by atoms with Crippen LogP contribution in [0.2, 0.25) is 0 Å². The van der Waals surface area contributed by atoms with Gasteiger partial charge in [0.1, 0.15) is 11.4 Å². The Morgan fingerprint density at radius 1 is 1.43 bits per heavy atom. The van der Waals surface area contributed by atoms with Crippen LogP contribution < -0.4 is 15.8 Å². The maximum absolute atomic E-state index is 8.01. The van der Waals surface area contributed by atoms with Crippen molar-refractivity contribution in [2.75, 3.05) is 17.7 Å². The second kappa shape index (κ2) is 7.09. The largest absolute Gasteiger partial charge is 0.492 e. The van der Waals surface area contributed by atoms with Crippen LogP contribution in [0.1, 0.15) is 33.4 Å². The van der Waals surface area contributed by atoms with Crippen molar-refractivity contribution < 1.29 is 4.74 Å². The average molecular weight is 313 g/mol. The highest BCUT2D eigenvalue weighted by Crippen LogP contribution is 2.33. The van der Waals surface area contributed by atoms with E-state index >= 15 is 0 Å². The number of aromatic nitrogens is 2. The van der Waals surface area contributed by atoms with Gasteiger partial charge < -0.3 is 21.2 Å². The molecule has 0 aliphatic rings. The Hall–Kier alpha value is -2.63. The van der Waals surface area contributed by atoms with Gasteiger partial charge in [0.05, 0.1) is 35.6 Å². The summed E-state index contributed by atoms with van der Waals surface area (Å²) in [4.78, 5) is 8.71. The van der Waals surface area contributed by atoms with Gasteiger partial charge in [-0.05, 0) is 39.8 Å². The van der Waals surface area contributed by atoms with Gasteiger partial charge in [-0.1, -0.05) is 0 Å². The lowest BCUT2D eigenvalue weighted by molar-refractivity contribution is 0.340. The molecule has 2 rings (SSSR count). The third-order valence-corrected chi connectivity index (χ3v) is 3.20. The van der Waals surface area contributed by atoms with E-state index in [9.17, 15) is 0 Å². The molecule has 0 saturated heterocycles. The molecule has 0 spiro atoms. The van der Waals surface area contributed by atoms with Gasteiger partial charge in [-0.2, -0.15) is 0 Å². The summed E-state index contributed by atoms with van der Waals surface area (Å²) in [6, 6.07) is 3.84. The SMILES string of the molecule is CCOc1cnccc1-c1cc(N)c(NC(C)C)c(C(C)=N)n1. The third kappa shape index (κ3) is 3.77. The summed E-state index contributed by atoms with van der Waals surface area (Å²) in [5.41, 5.74) is 9.86. The van der Waals surface area contributed by atoms with Crippen LogP contribution in [0.3, 0.4) is 0 Å². The second-order valence-electron chi connectivity index (χ2n) is 5.55. The highest BCUT2D eigenvalue weighted by Gasteiger charge is 2.16. The predicted octanol–water partition coefficient (Wildman–Crippen LogP) is 3.33. The topological polar surface area (TPSA) is 96.9 Å². The summed E-state index contributed by atoms with van der Waals surface area (Å²) < 4.78 is 5.61. The third-order valence-electron chi connectivity index (χ3n) is 3.20. The van der Waals surface area contributed by atoms with E-state index in [0.717, 1.165) is 5.56 Å². The standard InChI is InChI=1S/C17H23N5O/c1-5-23-15-9-20-7-6-12(15)14-8-13(19)17(21-10(2)3)16(22-14)11(4)18/h6-10,18,21H,5H2,1-4H3,(H2,19,22). The van der Waals surface area contributed by atoms with Gasteiger partial charge in [0.25, 0.3) is 0 Å². The zero-order chi connectivity index (χ0) is 17.0. The Bertz CT molecular complexity index is 712. The first-order chi connectivity index (χ1) is 10.9. The molecule has 23 heavy (non-hydrogen) atoms. The van der Waals surface area contributed by atoms with E-state index in [1.807, 2.05) is 26.8 Å². The molecule has 2 heterocycles. The van der Waals surface area contributed by atoms with Crippen molar-refractivity contribution in [2.24, 2.45) is 0 Å². The molecule has 6 nitrogen and oxygen atoms in total. The van der Waals surface area contributed by atoms with E-state index in [4.69, 9.17) is 15.9 Å². The molecule has 0 unspecified atom stereocenters. The van der Waals surface area contributed by atoms with Crippen LogP contribution in [0, 0.1) is 5.41 Å². The molecule has 0 fully saturated rings. The monoisotopic (exact) mass is 313 g/mol. The van der Waals surface area contributed by atoms with Crippen molar-refractivity contribution in [3.63, 3.8) is 0 Å². The maximum Gasteiger partial charge on any atom is 0.146 e. The molecule has 0 bridgehead atoms. The minimum atomic E-state index is 0.197. The number of ether oxygens (including phenoxy) is 1. The van der Waals surface area contributed by atoms with Crippen LogP contribution in [0.5, 0.6) is 5.75 Å². The first-order valence-electron chi connectivity index (χ1n) is 7.63. The quantitative estimate of drug-likeness (QED) is 0.711. The minimum absolute atomic E-state index is 0.197. The van der Waals surface area contributed by atoms with Crippen molar-refractivity contribution in [2.45, 2.75) is 33.7 Å². The molecule has 0 aromatic carbocycles. The molecule has 2 aromatic heterocycles. The lowest BCUT2D eigenvalue weighted by Crippen LogP contribution is -2.16. The summed E-state index contributed by atoms with van der Waals surface area (Å²) in [5, 5.41) is 11.3. The maximum atomic E-state index is 8.01. The van der Waals surface area contributed by atoms with Crippen molar-refractivity contribution >= 4 is 17.1 Å². The Morgan fingerprint density at radius 2 is 2.17 bits per heavy atom. The molecule has 0 saturated carbocycles. The molecular weight excluding hydrogens is 290 g/mol. The van der Waals surface area contributed by atoms with Crippen LogP contribution >= 0.6 is 0 Å². The van der Waals surface area contributed by atoms with Gasteiger partial charge in [0, 0.05) is 17.8 Å². The van der Waals surface area contributed by atoms with Gasteiger partial charge in [0.2, 0.25) is 0 Å². The lowest BCUT2D eigenvalue weighted by atomic mass is 10.1. The number of anilines is 2. The zero-order valence-electron chi connectivity index (χ0n) is 14.0. The van der Waals surface area contributed by atoms with E-state index in [0.29, 0.717) is 40.8 Å². The molecule has 6 heteroatoms. The summed E-state index contributed by atoms with van der Waals surface area (Å²) in [6.45, 7) is 8.20. The molecule has 2 aromatic rings. The zero-order valence-corrected chi connectivity index (χ0v) is 14.0. The van der Waals surface area contributed by atoms with Crippen LogP contribution in [-0.2, 0) is 0 Å². The van der Waals surface area contributed by atoms with Crippen molar-refractivity contribution in [1.82, 2.24) is 9.97 Å². The summed E-state index contributed by atoms with van der Waals surface area (Å²) in [6.07, 6.45) is 3.35. The smallest absolute Gasteiger partial charge is 0.146 e. The molecule has 0 amide bonds. The fourth-order valence-electron chi connectivity index (χ4n) is 2.28. The van der Waals surface area contributed by atoms with Crippen molar-refractivity contribution in [1.29, 1.82) is 5.41 Å². The lowest BCUT2D eigenvalue weighted by Gasteiger charge is -2.18. The number of nitrogens with zero attached hydrogens (tertiary/aromatic N) is 2. The van der Waals surface area contributed by atoms with Gasteiger partial charge in [-0.25, -0.2) is 4.98 Å². The Kier molecular flexibility index (Phi) is 5.16. The number of nitrogens with two attached hydrogens (primary N) is 1. The molecule has 0 aliphatic heterocycles.